The lowest BCUT2D eigenvalue weighted by atomic mass is 10.0. The first-order chi connectivity index (χ1) is 12.9. The Morgan fingerprint density at radius 2 is 1.78 bits per heavy atom. The molecule has 2 aliphatic heterocycles. The van der Waals surface area contributed by atoms with Crippen LogP contribution in [0.15, 0.2) is 0 Å². The zero-order valence-electron chi connectivity index (χ0n) is 17.9. The van der Waals surface area contributed by atoms with Crippen molar-refractivity contribution >= 4 is 11.8 Å². The molecule has 2 amide bonds. The van der Waals surface area contributed by atoms with Gasteiger partial charge in [-0.25, -0.2) is 0 Å². The predicted octanol–water partition coefficient (Wildman–Crippen LogP) is 1.95. The van der Waals surface area contributed by atoms with Crippen LogP contribution in [0.1, 0.15) is 59.8 Å². The van der Waals surface area contributed by atoms with Gasteiger partial charge in [0.25, 0.3) is 0 Å². The van der Waals surface area contributed by atoms with Gasteiger partial charge in [0.15, 0.2) is 0 Å². The van der Waals surface area contributed by atoms with E-state index >= 15 is 0 Å². The number of piperazine rings is 1. The van der Waals surface area contributed by atoms with Gasteiger partial charge < -0.3 is 10.2 Å². The van der Waals surface area contributed by atoms with Crippen LogP contribution < -0.4 is 5.32 Å². The molecule has 2 rings (SSSR count). The summed E-state index contributed by atoms with van der Waals surface area (Å²) >= 11 is 0. The molecule has 6 heteroatoms. The van der Waals surface area contributed by atoms with Crippen molar-refractivity contribution in [3.63, 3.8) is 0 Å². The van der Waals surface area contributed by atoms with Crippen LogP contribution in [0.5, 0.6) is 0 Å². The van der Waals surface area contributed by atoms with E-state index in [9.17, 15) is 9.59 Å². The third kappa shape index (κ3) is 7.07. The molecule has 6 nitrogen and oxygen atoms in total. The first-order valence-corrected chi connectivity index (χ1v) is 11.0. The van der Waals surface area contributed by atoms with Gasteiger partial charge in [-0.05, 0) is 25.7 Å². The minimum Gasteiger partial charge on any atom is -0.352 e. The van der Waals surface area contributed by atoms with E-state index in [1.807, 2.05) is 4.90 Å². The average molecular weight is 381 g/mol. The highest BCUT2D eigenvalue weighted by molar-refractivity contribution is 5.78. The molecular weight excluding hydrogens is 340 g/mol. The molecule has 0 aromatic rings. The molecule has 2 fully saturated rings. The second kappa shape index (κ2) is 11.0. The fourth-order valence-electron chi connectivity index (χ4n) is 4.15. The highest BCUT2D eigenvalue weighted by Gasteiger charge is 2.29. The number of carbonyl (C=O) groups is 2. The van der Waals surface area contributed by atoms with Gasteiger partial charge in [0, 0.05) is 57.8 Å². The van der Waals surface area contributed by atoms with Crippen molar-refractivity contribution in [2.24, 2.45) is 5.92 Å². The first kappa shape index (κ1) is 22.2. The van der Waals surface area contributed by atoms with E-state index < -0.39 is 0 Å². The summed E-state index contributed by atoms with van der Waals surface area (Å²) in [4.78, 5) is 31.4. The predicted molar refractivity (Wildman–Crippen MR) is 110 cm³/mol. The summed E-state index contributed by atoms with van der Waals surface area (Å²) in [6.45, 7) is 14.6. The van der Waals surface area contributed by atoms with E-state index in [4.69, 9.17) is 0 Å². The molecular formula is C21H40N4O2. The molecule has 0 aromatic carbocycles. The van der Waals surface area contributed by atoms with Gasteiger partial charge in [-0.15, -0.1) is 0 Å². The minimum atomic E-state index is 0.153. The monoisotopic (exact) mass is 380 g/mol. The summed E-state index contributed by atoms with van der Waals surface area (Å²) in [5.41, 5.74) is 0. The summed E-state index contributed by atoms with van der Waals surface area (Å²) in [7, 11) is 0. The Labute approximate surface area is 165 Å². The number of hydrogen-bond acceptors (Lipinski definition) is 4. The van der Waals surface area contributed by atoms with Gasteiger partial charge in [-0.1, -0.05) is 33.6 Å². The minimum absolute atomic E-state index is 0.153. The lowest BCUT2D eigenvalue weighted by molar-refractivity contribution is -0.134. The molecule has 0 spiro atoms. The first-order valence-electron chi connectivity index (χ1n) is 11.0. The molecule has 0 radical (unpaired) electrons. The fourth-order valence-corrected chi connectivity index (χ4v) is 4.15. The number of hydrogen-bond donors (Lipinski definition) is 1. The largest absolute Gasteiger partial charge is 0.352 e. The van der Waals surface area contributed by atoms with E-state index in [0.717, 1.165) is 52.1 Å². The number of likely N-dealkylation sites (tertiary alicyclic amines) is 1. The lowest BCUT2D eigenvalue weighted by Crippen LogP contribution is -2.53. The van der Waals surface area contributed by atoms with Gasteiger partial charge in [0.1, 0.15) is 0 Å². The van der Waals surface area contributed by atoms with Gasteiger partial charge in [-0.3, -0.25) is 19.4 Å². The van der Waals surface area contributed by atoms with Crippen LogP contribution in [0.2, 0.25) is 0 Å². The van der Waals surface area contributed by atoms with Crippen molar-refractivity contribution in [2.75, 3.05) is 45.8 Å². The Kier molecular flexibility index (Phi) is 9.03. The number of carbonyl (C=O) groups excluding carboxylic acids is 2. The molecule has 3 unspecified atom stereocenters. The number of nitrogens with one attached hydrogen (secondary N) is 1. The van der Waals surface area contributed by atoms with Crippen LogP contribution in [-0.2, 0) is 9.59 Å². The zero-order valence-corrected chi connectivity index (χ0v) is 17.9. The quantitative estimate of drug-likeness (QED) is 0.664. The van der Waals surface area contributed by atoms with E-state index in [1.165, 1.54) is 12.8 Å². The van der Waals surface area contributed by atoms with E-state index in [0.29, 0.717) is 24.9 Å². The summed E-state index contributed by atoms with van der Waals surface area (Å²) < 4.78 is 0. The number of rotatable bonds is 9. The highest BCUT2D eigenvalue weighted by Crippen LogP contribution is 2.14. The lowest BCUT2D eigenvalue weighted by Gasteiger charge is -2.38. The second-order valence-electron chi connectivity index (χ2n) is 8.56. The summed E-state index contributed by atoms with van der Waals surface area (Å²) in [6.07, 6.45) is 5.02. The third-order valence-corrected chi connectivity index (χ3v) is 6.22. The molecule has 0 saturated carbocycles. The molecule has 1 N–H and O–H groups in total. The molecule has 2 heterocycles. The fraction of sp³-hybridized carbons (Fsp3) is 0.905. The molecule has 0 bridgehead atoms. The highest BCUT2D eigenvalue weighted by atomic mass is 16.2. The van der Waals surface area contributed by atoms with E-state index in [1.54, 1.807) is 0 Å². The second-order valence-corrected chi connectivity index (χ2v) is 8.56. The Bertz CT molecular complexity index is 477. The maximum Gasteiger partial charge on any atom is 0.236 e. The molecule has 0 aliphatic carbocycles. The summed E-state index contributed by atoms with van der Waals surface area (Å²) in [6, 6.07) is 0.812. The zero-order chi connectivity index (χ0) is 19.8. The Morgan fingerprint density at radius 1 is 1.07 bits per heavy atom. The van der Waals surface area contributed by atoms with Crippen molar-refractivity contribution in [1.29, 1.82) is 0 Å². The van der Waals surface area contributed by atoms with Crippen molar-refractivity contribution in [1.82, 2.24) is 20.0 Å². The van der Waals surface area contributed by atoms with Crippen molar-refractivity contribution in [3.05, 3.63) is 0 Å². The maximum atomic E-state index is 12.6. The van der Waals surface area contributed by atoms with Gasteiger partial charge in [-0.2, -0.15) is 0 Å². The van der Waals surface area contributed by atoms with Crippen LogP contribution in [0.4, 0.5) is 0 Å². The Hall–Kier alpha value is -1.14. The van der Waals surface area contributed by atoms with E-state index in [-0.39, 0.29) is 17.9 Å². The third-order valence-electron chi connectivity index (χ3n) is 6.22. The van der Waals surface area contributed by atoms with Gasteiger partial charge in [0.05, 0.1) is 6.54 Å². The molecule has 2 aliphatic rings. The van der Waals surface area contributed by atoms with Crippen LogP contribution in [0.25, 0.3) is 0 Å². The van der Waals surface area contributed by atoms with Crippen molar-refractivity contribution in [2.45, 2.75) is 71.9 Å². The topological polar surface area (TPSA) is 55.9 Å². The van der Waals surface area contributed by atoms with Gasteiger partial charge >= 0.3 is 0 Å². The van der Waals surface area contributed by atoms with Crippen LogP contribution in [0.3, 0.4) is 0 Å². The number of nitrogens with zero attached hydrogens (tertiary/aromatic N) is 3. The summed E-state index contributed by atoms with van der Waals surface area (Å²) in [5, 5.41) is 3.14. The van der Waals surface area contributed by atoms with E-state index in [2.05, 4.69) is 42.8 Å². The molecule has 27 heavy (non-hydrogen) atoms. The molecule has 3 atom stereocenters. The Morgan fingerprint density at radius 3 is 2.41 bits per heavy atom. The van der Waals surface area contributed by atoms with Crippen molar-refractivity contribution < 1.29 is 9.59 Å². The number of amides is 2. The smallest absolute Gasteiger partial charge is 0.236 e. The summed E-state index contributed by atoms with van der Waals surface area (Å²) in [5.74, 6) is 0.826. The van der Waals surface area contributed by atoms with Crippen LogP contribution in [-0.4, -0.2) is 84.4 Å². The van der Waals surface area contributed by atoms with Gasteiger partial charge in [0.2, 0.25) is 11.8 Å². The average Bonchev–Trinajstić information content (AvgIpc) is 3.08. The Balaban J connectivity index is 1.68. The normalized spacial score (nSPS) is 24.0. The van der Waals surface area contributed by atoms with Crippen molar-refractivity contribution in [3.8, 4) is 0 Å². The maximum absolute atomic E-state index is 12.6. The van der Waals surface area contributed by atoms with Crippen LogP contribution in [0, 0.1) is 5.92 Å². The molecule has 156 valence electrons. The molecule has 2 saturated heterocycles. The SMILES string of the molecule is CCCC(C)N1CCN(C(=O)CN2CCC(NC(=O)CC(C)CC)C2)CC1. The van der Waals surface area contributed by atoms with Crippen LogP contribution >= 0.6 is 0 Å². The molecule has 0 aromatic heterocycles. The standard InChI is InChI=1S/C21H40N4O2/c1-5-7-18(4)24-10-12-25(13-11-24)21(27)16-23-9-8-19(15-23)22-20(26)14-17(3)6-2/h17-19H,5-16H2,1-4H3,(H,22,26).